The number of hydrogen-bond donors (Lipinski definition) is 4. The molecule has 3 rings (SSSR count). The Kier molecular flexibility index (Phi) is 9.00. The molecule has 0 saturated heterocycles. The van der Waals surface area contributed by atoms with Crippen LogP contribution in [-0.2, 0) is 6.42 Å². The predicted molar refractivity (Wildman–Crippen MR) is 144 cm³/mol. The zero-order valence-corrected chi connectivity index (χ0v) is 22.4. The molecule has 0 fully saturated rings. The van der Waals surface area contributed by atoms with Gasteiger partial charge < -0.3 is 35.5 Å². The first kappa shape index (κ1) is 28.5. The third kappa shape index (κ3) is 6.25. The topological polar surface area (TPSA) is 153 Å². The van der Waals surface area contributed by atoms with Crippen LogP contribution in [0.4, 0.5) is 5.69 Å². The first-order chi connectivity index (χ1) is 18.0. The van der Waals surface area contributed by atoms with Crippen molar-refractivity contribution >= 4 is 28.5 Å². The normalized spacial score (nSPS) is 11.3. The highest BCUT2D eigenvalue weighted by Crippen LogP contribution is 2.37. The van der Waals surface area contributed by atoms with Crippen LogP contribution < -0.4 is 25.3 Å². The van der Waals surface area contributed by atoms with Gasteiger partial charge in [-0.3, -0.25) is 9.78 Å². The van der Waals surface area contributed by atoms with Crippen molar-refractivity contribution in [1.82, 2.24) is 10.3 Å². The number of pyridine rings is 1. The molecule has 3 aromatic rings. The quantitative estimate of drug-likeness (QED) is 0.259. The monoisotopic (exact) mass is 525 g/mol. The minimum atomic E-state index is -1.16. The lowest BCUT2D eigenvalue weighted by Crippen LogP contribution is -2.47. The Morgan fingerprint density at radius 2 is 1.87 bits per heavy atom. The summed E-state index contributed by atoms with van der Waals surface area (Å²) in [5, 5.41) is 22.1. The number of aliphatic hydroxyl groups is 1. The Balaban J connectivity index is 1.86. The molecule has 1 amide bonds. The summed E-state index contributed by atoms with van der Waals surface area (Å²) in [6, 6.07) is 8.54. The van der Waals surface area contributed by atoms with E-state index in [1.165, 1.54) is 7.11 Å². The summed E-state index contributed by atoms with van der Waals surface area (Å²) < 4.78 is 17.2. The van der Waals surface area contributed by atoms with E-state index >= 15 is 0 Å². The van der Waals surface area contributed by atoms with Crippen LogP contribution in [0.25, 0.3) is 10.9 Å². The van der Waals surface area contributed by atoms with E-state index in [1.807, 2.05) is 26.8 Å². The Hall–Kier alpha value is -4.05. The number of fused-ring (bicyclic) bond motifs is 1. The minimum absolute atomic E-state index is 0.00787. The molecule has 38 heavy (non-hydrogen) atoms. The van der Waals surface area contributed by atoms with E-state index in [0.29, 0.717) is 52.3 Å². The maximum Gasteiger partial charge on any atom is 0.339 e. The standard InChI is InChI=1S/C28H35N3O7/c1-6-17-8-10-19-23(24(29)22(27(34)35)16(2)30-19)25(17)38-15-28(3,4)31-26(33)18-9-11-20(36-5)21(14-18)37-13-7-12-32/h8-11,14,32H,6-7,12-13,15H2,1-5H3,(H2,29,30)(H,31,33)(H,34,35). The molecular weight excluding hydrogens is 490 g/mol. The number of anilines is 1. The Morgan fingerprint density at radius 3 is 2.50 bits per heavy atom. The van der Waals surface area contributed by atoms with E-state index in [9.17, 15) is 14.7 Å². The van der Waals surface area contributed by atoms with Crippen molar-refractivity contribution in [3.05, 3.63) is 52.7 Å². The Bertz CT molecular complexity index is 1340. The maximum atomic E-state index is 13.1. The number of nitrogens with two attached hydrogens (primary N) is 1. The molecule has 0 bridgehead atoms. The van der Waals surface area contributed by atoms with E-state index in [-0.39, 0.29) is 37.0 Å². The van der Waals surface area contributed by atoms with Gasteiger partial charge in [0.25, 0.3) is 5.91 Å². The van der Waals surface area contributed by atoms with E-state index in [2.05, 4.69) is 10.3 Å². The molecule has 5 N–H and O–H groups in total. The molecule has 0 aliphatic rings. The number of methoxy groups -OCH3 is 1. The van der Waals surface area contributed by atoms with Crippen molar-refractivity contribution < 1.29 is 34.0 Å². The molecule has 0 spiro atoms. The molecular formula is C28H35N3O7. The third-order valence-corrected chi connectivity index (χ3v) is 6.02. The molecule has 0 aliphatic heterocycles. The number of rotatable bonds is 12. The van der Waals surface area contributed by atoms with E-state index < -0.39 is 11.5 Å². The molecule has 2 aromatic carbocycles. The molecule has 0 unspecified atom stereocenters. The maximum absolute atomic E-state index is 13.1. The van der Waals surface area contributed by atoms with E-state index in [4.69, 9.17) is 25.1 Å². The number of aliphatic hydroxyl groups excluding tert-OH is 1. The van der Waals surface area contributed by atoms with Crippen LogP contribution in [0.1, 0.15) is 59.2 Å². The van der Waals surface area contributed by atoms with Crippen LogP contribution in [0.2, 0.25) is 0 Å². The number of hydrogen-bond acceptors (Lipinski definition) is 8. The number of aromatic nitrogens is 1. The van der Waals surface area contributed by atoms with Crippen LogP contribution in [0.5, 0.6) is 17.2 Å². The molecule has 10 heteroatoms. The van der Waals surface area contributed by atoms with Gasteiger partial charge in [0.1, 0.15) is 17.9 Å². The molecule has 0 saturated carbocycles. The van der Waals surface area contributed by atoms with Gasteiger partial charge in [0.15, 0.2) is 11.5 Å². The van der Waals surface area contributed by atoms with Gasteiger partial charge in [-0.2, -0.15) is 0 Å². The first-order valence-electron chi connectivity index (χ1n) is 12.3. The summed E-state index contributed by atoms with van der Waals surface area (Å²) >= 11 is 0. The molecule has 1 aromatic heterocycles. The highest BCUT2D eigenvalue weighted by atomic mass is 16.5. The van der Waals surface area contributed by atoms with Crippen molar-refractivity contribution in [2.45, 2.75) is 46.1 Å². The zero-order chi connectivity index (χ0) is 28.0. The predicted octanol–water partition coefficient (Wildman–Crippen LogP) is 3.74. The number of aryl methyl sites for hydroxylation is 2. The number of nitrogens with zero attached hydrogens (tertiary/aromatic N) is 1. The number of amides is 1. The van der Waals surface area contributed by atoms with Gasteiger partial charge in [-0.25, -0.2) is 4.79 Å². The summed E-state index contributed by atoms with van der Waals surface area (Å²) in [4.78, 5) is 29.4. The fourth-order valence-electron chi connectivity index (χ4n) is 4.08. The minimum Gasteiger partial charge on any atom is -0.493 e. The van der Waals surface area contributed by atoms with Gasteiger partial charge in [0.2, 0.25) is 0 Å². The number of aromatic carboxylic acids is 1. The second kappa shape index (κ2) is 12.0. The van der Waals surface area contributed by atoms with Crippen LogP contribution in [0.15, 0.2) is 30.3 Å². The van der Waals surface area contributed by atoms with Crippen molar-refractivity contribution in [3.63, 3.8) is 0 Å². The number of carboxylic acid groups (broad SMARTS) is 1. The van der Waals surface area contributed by atoms with E-state index in [0.717, 1.165) is 5.56 Å². The van der Waals surface area contributed by atoms with Gasteiger partial charge in [-0.15, -0.1) is 0 Å². The van der Waals surface area contributed by atoms with Crippen LogP contribution in [-0.4, -0.2) is 59.5 Å². The fraction of sp³-hybridized carbons (Fsp3) is 0.393. The van der Waals surface area contributed by atoms with Gasteiger partial charge in [-0.05, 0) is 57.0 Å². The van der Waals surface area contributed by atoms with Crippen LogP contribution in [0.3, 0.4) is 0 Å². The highest BCUT2D eigenvalue weighted by molar-refractivity contribution is 6.07. The van der Waals surface area contributed by atoms with E-state index in [1.54, 1.807) is 31.2 Å². The lowest BCUT2D eigenvalue weighted by molar-refractivity contribution is 0.0696. The molecule has 10 nitrogen and oxygen atoms in total. The van der Waals surface area contributed by atoms with Crippen molar-refractivity contribution in [3.8, 4) is 17.2 Å². The lowest BCUT2D eigenvalue weighted by Gasteiger charge is -2.28. The van der Waals surface area contributed by atoms with Crippen LogP contribution >= 0.6 is 0 Å². The van der Waals surface area contributed by atoms with Gasteiger partial charge in [0, 0.05) is 18.6 Å². The average molecular weight is 526 g/mol. The van der Waals surface area contributed by atoms with Gasteiger partial charge in [-0.1, -0.05) is 13.0 Å². The summed E-state index contributed by atoms with van der Waals surface area (Å²) in [5.74, 6) is -0.171. The fourth-order valence-corrected chi connectivity index (χ4v) is 4.08. The number of carbonyl (C=O) groups excluding carboxylic acids is 1. The second-order valence-electron chi connectivity index (χ2n) is 9.51. The van der Waals surface area contributed by atoms with Gasteiger partial charge >= 0.3 is 5.97 Å². The summed E-state index contributed by atoms with van der Waals surface area (Å²) in [6.45, 7) is 7.55. The Labute approximate surface area is 221 Å². The third-order valence-electron chi connectivity index (χ3n) is 6.02. The highest BCUT2D eigenvalue weighted by Gasteiger charge is 2.26. The van der Waals surface area contributed by atoms with Crippen molar-refractivity contribution in [1.29, 1.82) is 0 Å². The lowest BCUT2D eigenvalue weighted by atomic mass is 10.0. The number of benzene rings is 2. The first-order valence-corrected chi connectivity index (χ1v) is 12.3. The number of ether oxygens (including phenoxy) is 3. The molecule has 204 valence electrons. The van der Waals surface area contributed by atoms with Crippen molar-refractivity contribution in [2.24, 2.45) is 0 Å². The number of nitrogen functional groups attached to an aromatic ring is 1. The molecule has 0 aliphatic carbocycles. The smallest absolute Gasteiger partial charge is 0.339 e. The molecule has 1 heterocycles. The SMILES string of the molecule is CCc1ccc2nc(C)c(C(=O)O)c(N)c2c1OCC(C)(C)NC(=O)c1ccc(OC)c(OCCCO)c1. The average Bonchev–Trinajstić information content (AvgIpc) is 2.86. The summed E-state index contributed by atoms with van der Waals surface area (Å²) in [6.07, 6.45) is 1.07. The van der Waals surface area contributed by atoms with Gasteiger partial charge in [0.05, 0.1) is 41.5 Å². The number of carboxylic acids is 1. The van der Waals surface area contributed by atoms with Crippen molar-refractivity contribution in [2.75, 3.05) is 32.7 Å². The summed E-state index contributed by atoms with van der Waals surface area (Å²) in [7, 11) is 1.51. The zero-order valence-electron chi connectivity index (χ0n) is 22.4. The summed E-state index contributed by atoms with van der Waals surface area (Å²) in [5.41, 5.74) is 7.61. The van der Waals surface area contributed by atoms with Crippen LogP contribution in [0, 0.1) is 6.92 Å². The number of carbonyl (C=O) groups is 2. The largest absolute Gasteiger partial charge is 0.493 e. The Morgan fingerprint density at radius 1 is 1.13 bits per heavy atom. The number of nitrogens with one attached hydrogen (secondary N) is 1. The molecule has 0 radical (unpaired) electrons. The second-order valence-corrected chi connectivity index (χ2v) is 9.51. The molecule has 0 atom stereocenters.